The van der Waals surface area contributed by atoms with Crippen molar-refractivity contribution >= 4 is 11.6 Å². The van der Waals surface area contributed by atoms with Gasteiger partial charge in [-0.1, -0.05) is 30.7 Å². The molecule has 0 bridgehead atoms. The van der Waals surface area contributed by atoms with E-state index in [4.69, 9.17) is 11.6 Å². The Kier molecular flexibility index (Phi) is 4.32. The number of fused-ring (bicyclic) bond motifs is 1. The fourth-order valence-corrected chi connectivity index (χ4v) is 3.39. The van der Waals surface area contributed by atoms with Crippen molar-refractivity contribution in [1.29, 1.82) is 0 Å². The molecule has 4 heteroatoms. The number of hydrogen-bond acceptors (Lipinski definition) is 2. The molecule has 1 aromatic heterocycles. The SMILES string of the molecule is CCC(NC1CCCc2c1cnn2C)c1ccc(Cl)cc1. The van der Waals surface area contributed by atoms with Crippen molar-refractivity contribution in [2.24, 2.45) is 7.05 Å². The van der Waals surface area contributed by atoms with E-state index in [1.54, 1.807) is 0 Å². The molecule has 1 heterocycles. The van der Waals surface area contributed by atoms with Crippen molar-refractivity contribution in [3.05, 3.63) is 52.3 Å². The van der Waals surface area contributed by atoms with Crippen LogP contribution >= 0.6 is 11.6 Å². The average Bonchev–Trinajstić information content (AvgIpc) is 2.88. The van der Waals surface area contributed by atoms with Crippen LogP contribution in [0, 0.1) is 0 Å². The van der Waals surface area contributed by atoms with Gasteiger partial charge in [-0.3, -0.25) is 4.68 Å². The van der Waals surface area contributed by atoms with Crippen molar-refractivity contribution in [2.75, 3.05) is 0 Å². The number of aromatic nitrogens is 2. The molecule has 0 amide bonds. The van der Waals surface area contributed by atoms with Crippen LogP contribution in [0.3, 0.4) is 0 Å². The van der Waals surface area contributed by atoms with Gasteiger partial charge in [0.05, 0.1) is 6.20 Å². The second-order valence-corrected chi connectivity index (χ2v) is 6.23. The summed E-state index contributed by atoms with van der Waals surface area (Å²) in [7, 11) is 2.04. The van der Waals surface area contributed by atoms with E-state index < -0.39 is 0 Å². The molecule has 3 nitrogen and oxygen atoms in total. The molecule has 0 fully saturated rings. The van der Waals surface area contributed by atoms with Gasteiger partial charge >= 0.3 is 0 Å². The summed E-state index contributed by atoms with van der Waals surface area (Å²) in [6, 6.07) is 8.95. The molecule has 0 radical (unpaired) electrons. The minimum Gasteiger partial charge on any atom is -0.303 e. The zero-order chi connectivity index (χ0) is 14.8. The van der Waals surface area contributed by atoms with Crippen molar-refractivity contribution < 1.29 is 0 Å². The van der Waals surface area contributed by atoms with E-state index in [1.165, 1.54) is 29.7 Å². The van der Waals surface area contributed by atoms with E-state index in [0.29, 0.717) is 12.1 Å². The van der Waals surface area contributed by atoms with E-state index in [0.717, 1.165) is 17.9 Å². The molecule has 1 aliphatic carbocycles. The van der Waals surface area contributed by atoms with Crippen LogP contribution in [-0.4, -0.2) is 9.78 Å². The Labute approximate surface area is 131 Å². The van der Waals surface area contributed by atoms with Gasteiger partial charge in [-0.2, -0.15) is 5.10 Å². The maximum Gasteiger partial charge on any atom is 0.0540 e. The lowest BCUT2D eigenvalue weighted by Crippen LogP contribution is -2.29. The first-order valence-electron chi connectivity index (χ1n) is 7.71. The van der Waals surface area contributed by atoms with Crippen LogP contribution in [0.25, 0.3) is 0 Å². The predicted molar refractivity (Wildman–Crippen MR) is 86.5 cm³/mol. The van der Waals surface area contributed by atoms with Crippen LogP contribution in [-0.2, 0) is 13.5 Å². The zero-order valence-corrected chi connectivity index (χ0v) is 13.4. The molecule has 0 saturated heterocycles. The van der Waals surface area contributed by atoms with Gasteiger partial charge < -0.3 is 5.32 Å². The standard InChI is InChI=1S/C17H22ClN3/c1-3-15(12-7-9-13(18)10-8-12)20-16-5-4-6-17-14(16)11-19-21(17)2/h7-11,15-16,20H,3-6H2,1-2H3. The Hall–Kier alpha value is -1.32. The van der Waals surface area contributed by atoms with Crippen LogP contribution in [0.2, 0.25) is 5.02 Å². The minimum absolute atomic E-state index is 0.360. The third-order valence-corrected chi connectivity index (χ3v) is 4.71. The van der Waals surface area contributed by atoms with Crippen molar-refractivity contribution in [3.8, 4) is 0 Å². The fourth-order valence-electron chi connectivity index (χ4n) is 3.27. The highest BCUT2D eigenvalue weighted by molar-refractivity contribution is 6.30. The highest BCUT2D eigenvalue weighted by atomic mass is 35.5. The molecule has 0 saturated carbocycles. The highest BCUT2D eigenvalue weighted by Gasteiger charge is 2.25. The molecule has 3 rings (SSSR count). The molecule has 2 atom stereocenters. The molecule has 1 aromatic carbocycles. The molecule has 2 unspecified atom stereocenters. The summed E-state index contributed by atoms with van der Waals surface area (Å²) < 4.78 is 2.02. The van der Waals surface area contributed by atoms with Gasteiger partial charge in [0.1, 0.15) is 0 Å². The Morgan fingerprint density at radius 1 is 1.38 bits per heavy atom. The summed E-state index contributed by atoms with van der Waals surface area (Å²) in [5, 5.41) is 9.03. The molecule has 0 aliphatic heterocycles. The van der Waals surface area contributed by atoms with Crippen LogP contribution in [0.1, 0.15) is 55.1 Å². The first-order chi connectivity index (χ1) is 10.2. The molecule has 21 heavy (non-hydrogen) atoms. The molecular formula is C17H22ClN3. The maximum atomic E-state index is 5.99. The molecule has 112 valence electrons. The second-order valence-electron chi connectivity index (χ2n) is 5.79. The van der Waals surface area contributed by atoms with E-state index in [9.17, 15) is 0 Å². The van der Waals surface area contributed by atoms with E-state index in [-0.39, 0.29) is 0 Å². The Morgan fingerprint density at radius 3 is 2.86 bits per heavy atom. The number of rotatable bonds is 4. The number of nitrogens with zero attached hydrogens (tertiary/aromatic N) is 2. The average molecular weight is 304 g/mol. The van der Waals surface area contributed by atoms with Crippen molar-refractivity contribution in [1.82, 2.24) is 15.1 Å². The van der Waals surface area contributed by atoms with E-state index in [1.807, 2.05) is 30.1 Å². The normalized spacial score (nSPS) is 19.3. The summed E-state index contributed by atoms with van der Waals surface area (Å²) >= 11 is 5.99. The quantitative estimate of drug-likeness (QED) is 0.917. The zero-order valence-electron chi connectivity index (χ0n) is 12.6. The molecule has 0 spiro atoms. The number of nitrogens with one attached hydrogen (secondary N) is 1. The lowest BCUT2D eigenvalue weighted by atomic mass is 9.91. The maximum absolute atomic E-state index is 5.99. The van der Waals surface area contributed by atoms with Gasteiger partial charge in [0, 0.05) is 35.4 Å². The first-order valence-corrected chi connectivity index (χ1v) is 8.09. The molecule has 1 N–H and O–H groups in total. The molecular weight excluding hydrogens is 282 g/mol. The topological polar surface area (TPSA) is 29.9 Å². The summed E-state index contributed by atoms with van der Waals surface area (Å²) in [6.07, 6.45) is 6.64. The Morgan fingerprint density at radius 2 is 2.14 bits per heavy atom. The minimum atomic E-state index is 0.360. The number of aryl methyl sites for hydroxylation is 1. The van der Waals surface area contributed by atoms with E-state index in [2.05, 4.69) is 29.5 Å². The third kappa shape index (κ3) is 2.99. The lowest BCUT2D eigenvalue weighted by Gasteiger charge is -2.28. The van der Waals surface area contributed by atoms with Crippen LogP contribution < -0.4 is 5.32 Å². The molecule has 2 aromatic rings. The van der Waals surface area contributed by atoms with Crippen LogP contribution in [0.15, 0.2) is 30.5 Å². The Balaban J connectivity index is 1.80. The van der Waals surface area contributed by atoms with E-state index >= 15 is 0 Å². The third-order valence-electron chi connectivity index (χ3n) is 4.46. The van der Waals surface area contributed by atoms with Gasteiger partial charge in [-0.25, -0.2) is 0 Å². The number of benzene rings is 1. The summed E-state index contributed by atoms with van der Waals surface area (Å²) in [4.78, 5) is 0. The van der Waals surface area contributed by atoms with Crippen LogP contribution in [0.5, 0.6) is 0 Å². The molecule has 1 aliphatic rings. The van der Waals surface area contributed by atoms with Gasteiger partial charge in [0.15, 0.2) is 0 Å². The monoisotopic (exact) mass is 303 g/mol. The summed E-state index contributed by atoms with van der Waals surface area (Å²) in [6.45, 7) is 2.22. The lowest BCUT2D eigenvalue weighted by molar-refractivity contribution is 0.390. The highest BCUT2D eigenvalue weighted by Crippen LogP contribution is 2.32. The smallest absolute Gasteiger partial charge is 0.0540 e. The van der Waals surface area contributed by atoms with Crippen molar-refractivity contribution in [2.45, 2.75) is 44.7 Å². The largest absolute Gasteiger partial charge is 0.303 e. The van der Waals surface area contributed by atoms with Gasteiger partial charge in [-0.15, -0.1) is 0 Å². The van der Waals surface area contributed by atoms with Gasteiger partial charge in [0.25, 0.3) is 0 Å². The predicted octanol–water partition coefficient (Wildman–Crippen LogP) is 4.19. The summed E-state index contributed by atoms with van der Waals surface area (Å²) in [5.41, 5.74) is 4.05. The van der Waals surface area contributed by atoms with Crippen molar-refractivity contribution in [3.63, 3.8) is 0 Å². The van der Waals surface area contributed by atoms with Crippen LogP contribution in [0.4, 0.5) is 0 Å². The Bertz CT molecular complexity index is 603. The van der Waals surface area contributed by atoms with Gasteiger partial charge in [0.2, 0.25) is 0 Å². The number of hydrogen-bond donors (Lipinski definition) is 1. The number of halogens is 1. The second kappa shape index (κ2) is 6.20. The van der Waals surface area contributed by atoms with Gasteiger partial charge in [-0.05, 0) is 43.4 Å². The summed E-state index contributed by atoms with van der Waals surface area (Å²) in [5.74, 6) is 0. The fraction of sp³-hybridized carbons (Fsp3) is 0.471. The first kappa shape index (κ1) is 14.6.